The number of hydrogen-bond acceptors (Lipinski definition) is 6. The monoisotopic (exact) mass is 467 g/mol. The Balaban J connectivity index is 2.45. The molecule has 0 spiro atoms. The van der Waals surface area contributed by atoms with Crippen molar-refractivity contribution in [2.75, 3.05) is 0 Å². The maximum atomic E-state index is 12.2. The summed E-state index contributed by atoms with van der Waals surface area (Å²) in [6, 6.07) is 12.0. The van der Waals surface area contributed by atoms with Crippen LogP contribution >= 0.6 is 0 Å². The summed E-state index contributed by atoms with van der Waals surface area (Å²) in [4.78, 5) is 12.2. The summed E-state index contributed by atoms with van der Waals surface area (Å²) < 4.78 is 18.5. The number of ether oxygens (including phenoxy) is 3. The zero-order chi connectivity index (χ0) is 25.5. The van der Waals surface area contributed by atoms with Crippen molar-refractivity contribution in [3.63, 3.8) is 0 Å². The molecule has 0 amide bonds. The molecule has 2 rings (SSSR count). The molecule has 7 nitrogen and oxygen atoms in total. The Morgan fingerprint density at radius 2 is 1.76 bits per heavy atom. The average Bonchev–Trinajstić information content (AvgIpc) is 3.13. The molecule has 0 aliphatic rings. The molecule has 7 heteroatoms. The van der Waals surface area contributed by atoms with E-state index in [-0.39, 0.29) is 11.5 Å². The summed E-state index contributed by atoms with van der Waals surface area (Å²) in [6.45, 7) is 16.3. The standard InChI is InChI=1S/C27H37N3O4/c1-9-11-19(4)32-26(31)34-20(5)33-25(24-16-18(3)29-30(24)10-2)23(17-28)21-12-14-22(15-13-21)27(6,7)8/h12-16,19-20H,9-11H2,1-8H3/b25-23-. The van der Waals surface area contributed by atoms with E-state index < -0.39 is 12.4 Å². The van der Waals surface area contributed by atoms with E-state index in [1.807, 2.05) is 58.0 Å². The van der Waals surface area contributed by atoms with E-state index in [0.29, 0.717) is 29.1 Å². The molecule has 34 heavy (non-hydrogen) atoms. The molecule has 184 valence electrons. The summed E-state index contributed by atoms with van der Waals surface area (Å²) in [5.41, 5.74) is 3.62. The first-order valence-corrected chi connectivity index (χ1v) is 11.8. The predicted octanol–water partition coefficient (Wildman–Crippen LogP) is 6.61. The summed E-state index contributed by atoms with van der Waals surface area (Å²) in [7, 11) is 0. The van der Waals surface area contributed by atoms with Crippen LogP contribution in [0.15, 0.2) is 30.3 Å². The Labute approximate surface area is 203 Å². The highest BCUT2D eigenvalue weighted by Crippen LogP contribution is 2.31. The summed E-state index contributed by atoms with van der Waals surface area (Å²) in [6.07, 6.45) is -0.393. The number of nitrogens with zero attached hydrogens (tertiary/aromatic N) is 3. The lowest BCUT2D eigenvalue weighted by Gasteiger charge is -2.21. The molecule has 1 aromatic carbocycles. The van der Waals surface area contributed by atoms with Gasteiger partial charge in [-0.05, 0) is 49.8 Å². The first kappa shape index (κ1) is 27.0. The number of allylic oxidation sites excluding steroid dienone is 1. The van der Waals surface area contributed by atoms with E-state index in [2.05, 4.69) is 31.9 Å². The fourth-order valence-corrected chi connectivity index (χ4v) is 3.58. The normalized spacial score (nSPS) is 14.0. The number of nitriles is 1. The third kappa shape index (κ3) is 7.11. The van der Waals surface area contributed by atoms with Gasteiger partial charge >= 0.3 is 6.16 Å². The number of benzene rings is 1. The molecule has 0 aliphatic carbocycles. The van der Waals surface area contributed by atoms with E-state index in [1.165, 1.54) is 0 Å². The van der Waals surface area contributed by atoms with Crippen molar-refractivity contribution < 1.29 is 19.0 Å². The van der Waals surface area contributed by atoms with Gasteiger partial charge in [-0.25, -0.2) is 4.79 Å². The van der Waals surface area contributed by atoms with Crippen molar-refractivity contribution in [3.05, 3.63) is 52.8 Å². The predicted molar refractivity (Wildman–Crippen MR) is 133 cm³/mol. The molecular weight excluding hydrogens is 430 g/mol. The molecule has 0 saturated heterocycles. The van der Waals surface area contributed by atoms with Crippen LogP contribution in [0.5, 0.6) is 0 Å². The van der Waals surface area contributed by atoms with Crippen LogP contribution in [0, 0.1) is 18.3 Å². The summed E-state index contributed by atoms with van der Waals surface area (Å²) in [5.74, 6) is 0.301. The van der Waals surface area contributed by atoms with Gasteiger partial charge in [0.05, 0.1) is 5.69 Å². The topological polar surface area (TPSA) is 86.4 Å². The average molecular weight is 468 g/mol. The van der Waals surface area contributed by atoms with Crippen LogP contribution in [0.1, 0.15) is 83.8 Å². The van der Waals surface area contributed by atoms with E-state index in [1.54, 1.807) is 11.6 Å². The van der Waals surface area contributed by atoms with Gasteiger partial charge in [0.1, 0.15) is 23.4 Å². The van der Waals surface area contributed by atoms with Crippen LogP contribution < -0.4 is 0 Å². The highest BCUT2D eigenvalue weighted by atomic mass is 16.8. The van der Waals surface area contributed by atoms with Crippen LogP contribution in [0.2, 0.25) is 0 Å². The number of aromatic nitrogens is 2. The smallest absolute Gasteiger partial charge is 0.451 e. The highest BCUT2D eigenvalue weighted by molar-refractivity contribution is 5.94. The largest absolute Gasteiger partial charge is 0.511 e. The maximum Gasteiger partial charge on any atom is 0.511 e. The SMILES string of the molecule is CCCC(C)OC(=O)OC(C)O/C(=C(/C#N)c1ccc(C(C)(C)C)cc1)c1cc(C)nn1CC. The van der Waals surface area contributed by atoms with Gasteiger partial charge in [0.25, 0.3) is 0 Å². The van der Waals surface area contributed by atoms with Crippen LogP contribution in [0.25, 0.3) is 11.3 Å². The molecule has 2 atom stereocenters. The summed E-state index contributed by atoms with van der Waals surface area (Å²) in [5, 5.41) is 14.6. The molecule has 0 bridgehead atoms. The molecule has 2 aromatic rings. The molecule has 0 N–H and O–H groups in total. The van der Waals surface area contributed by atoms with Crippen LogP contribution in [0.4, 0.5) is 4.79 Å². The second kappa shape index (κ2) is 11.7. The molecule has 0 fully saturated rings. The Morgan fingerprint density at radius 1 is 1.12 bits per heavy atom. The van der Waals surface area contributed by atoms with E-state index in [0.717, 1.165) is 24.1 Å². The zero-order valence-corrected chi connectivity index (χ0v) is 21.6. The highest BCUT2D eigenvalue weighted by Gasteiger charge is 2.23. The van der Waals surface area contributed by atoms with Crippen molar-refractivity contribution in [2.24, 2.45) is 0 Å². The Hall–Kier alpha value is -3.27. The molecule has 0 aliphatic heterocycles. The second-order valence-electron chi connectivity index (χ2n) is 9.40. The number of aryl methyl sites for hydroxylation is 2. The maximum absolute atomic E-state index is 12.2. The molecular formula is C27H37N3O4. The molecule has 2 unspecified atom stereocenters. The van der Waals surface area contributed by atoms with Crippen molar-refractivity contribution in [1.29, 1.82) is 5.26 Å². The minimum absolute atomic E-state index is 0.00997. The Bertz CT molecular complexity index is 1040. The molecule has 0 radical (unpaired) electrons. The number of carbonyl (C=O) groups is 1. The fourth-order valence-electron chi connectivity index (χ4n) is 3.58. The lowest BCUT2D eigenvalue weighted by atomic mass is 9.86. The number of hydrogen-bond donors (Lipinski definition) is 0. The summed E-state index contributed by atoms with van der Waals surface area (Å²) >= 11 is 0. The molecule has 1 heterocycles. The number of carbonyl (C=O) groups excluding carboxylic acids is 1. The zero-order valence-electron chi connectivity index (χ0n) is 21.6. The van der Waals surface area contributed by atoms with Gasteiger partial charge in [0, 0.05) is 13.5 Å². The van der Waals surface area contributed by atoms with Crippen LogP contribution in [0.3, 0.4) is 0 Å². The van der Waals surface area contributed by atoms with Crippen molar-refractivity contribution in [1.82, 2.24) is 9.78 Å². The van der Waals surface area contributed by atoms with Gasteiger partial charge in [-0.15, -0.1) is 0 Å². The van der Waals surface area contributed by atoms with Crippen LogP contribution in [-0.2, 0) is 26.2 Å². The van der Waals surface area contributed by atoms with Gasteiger partial charge in [-0.2, -0.15) is 10.4 Å². The van der Waals surface area contributed by atoms with Gasteiger partial charge in [0.2, 0.25) is 6.29 Å². The first-order chi connectivity index (χ1) is 16.0. The van der Waals surface area contributed by atoms with Crippen molar-refractivity contribution >= 4 is 17.5 Å². The van der Waals surface area contributed by atoms with Gasteiger partial charge in [0.15, 0.2) is 5.76 Å². The molecule has 1 aromatic heterocycles. The van der Waals surface area contributed by atoms with E-state index >= 15 is 0 Å². The van der Waals surface area contributed by atoms with Gasteiger partial charge in [-0.1, -0.05) is 58.4 Å². The van der Waals surface area contributed by atoms with Crippen molar-refractivity contribution in [3.8, 4) is 6.07 Å². The van der Waals surface area contributed by atoms with Gasteiger partial charge in [-0.3, -0.25) is 4.68 Å². The third-order valence-electron chi connectivity index (χ3n) is 5.35. The lowest BCUT2D eigenvalue weighted by molar-refractivity contribution is -0.0757. The quantitative estimate of drug-likeness (QED) is 0.179. The molecule has 0 saturated carbocycles. The van der Waals surface area contributed by atoms with Crippen molar-refractivity contribution in [2.45, 2.75) is 92.6 Å². The fraction of sp³-hybridized carbons (Fsp3) is 0.519. The van der Waals surface area contributed by atoms with E-state index in [9.17, 15) is 10.1 Å². The van der Waals surface area contributed by atoms with E-state index in [4.69, 9.17) is 14.2 Å². The van der Waals surface area contributed by atoms with Gasteiger partial charge < -0.3 is 14.2 Å². The number of rotatable bonds is 9. The van der Waals surface area contributed by atoms with Crippen LogP contribution in [-0.4, -0.2) is 28.3 Å². The third-order valence-corrected chi connectivity index (χ3v) is 5.35. The Morgan fingerprint density at radius 3 is 2.29 bits per heavy atom. The second-order valence-corrected chi connectivity index (χ2v) is 9.40. The minimum Gasteiger partial charge on any atom is -0.451 e. The first-order valence-electron chi connectivity index (χ1n) is 11.8. The lowest BCUT2D eigenvalue weighted by Crippen LogP contribution is -2.23. The minimum atomic E-state index is -0.978. The Kier molecular flexibility index (Phi) is 9.31.